The summed E-state index contributed by atoms with van der Waals surface area (Å²) in [6, 6.07) is 16.8. The summed E-state index contributed by atoms with van der Waals surface area (Å²) in [4.78, 5) is 17.2. The topological polar surface area (TPSA) is 45.2 Å². The van der Waals surface area contributed by atoms with Crippen molar-refractivity contribution in [1.29, 1.82) is 0 Å². The lowest BCUT2D eigenvalue weighted by atomic mass is 10.0. The van der Waals surface area contributed by atoms with Crippen molar-refractivity contribution in [3.05, 3.63) is 65.2 Å². The van der Waals surface area contributed by atoms with E-state index in [1.54, 1.807) is 19.1 Å². The second kappa shape index (κ2) is 6.36. The number of hydrogen-bond acceptors (Lipinski definition) is 3. The Morgan fingerprint density at radius 2 is 1.78 bits per heavy atom. The summed E-state index contributed by atoms with van der Waals surface area (Å²) in [5.74, 6) is -0.163. The molecular weight excluding hydrogens is 310 g/mol. The summed E-state index contributed by atoms with van der Waals surface area (Å²) in [7, 11) is 3.56. The Balaban J connectivity index is 2.17. The van der Waals surface area contributed by atoms with Crippen LogP contribution in [0.25, 0.3) is 22.2 Å². The fourth-order valence-electron chi connectivity index (χ4n) is 2.40. The van der Waals surface area contributed by atoms with Gasteiger partial charge in [-0.05, 0) is 24.3 Å². The maximum absolute atomic E-state index is 12.5. The summed E-state index contributed by atoms with van der Waals surface area (Å²) in [6.45, 7) is 0. The smallest absolute Gasteiger partial charge is 0.266 e. The molecule has 4 nitrogen and oxygen atoms in total. The molecule has 0 spiro atoms. The number of hydrazine groups is 1. The number of nitrogens with zero attached hydrogens (tertiary/aromatic N) is 2. The predicted molar refractivity (Wildman–Crippen MR) is 93.3 cm³/mol. The van der Waals surface area contributed by atoms with Crippen molar-refractivity contribution in [2.45, 2.75) is 0 Å². The third-order valence-electron chi connectivity index (χ3n) is 3.43. The highest BCUT2D eigenvalue weighted by atomic mass is 35.5. The molecule has 116 valence electrons. The molecule has 0 saturated heterocycles. The Labute approximate surface area is 139 Å². The predicted octanol–water partition coefficient (Wildman–Crippen LogP) is 3.76. The van der Waals surface area contributed by atoms with Crippen LogP contribution in [0, 0.1) is 0 Å². The van der Waals surface area contributed by atoms with Crippen LogP contribution in [0.3, 0.4) is 0 Å². The molecule has 0 saturated carbocycles. The van der Waals surface area contributed by atoms with Crippen LogP contribution in [0.2, 0.25) is 5.02 Å². The molecule has 0 fully saturated rings. The molecule has 23 heavy (non-hydrogen) atoms. The first-order chi connectivity index (χ1) is 11.0. The second-order valence-electron chi connectivity index (χ2n) is 5.41. The first-order valence-electron chi connectivity index (χ1n) is 7.18. The summed E-state index contributed by atoms with van der Waals surface area (Å²) in [6.07, 6.45) is 0. The number of hydrogen-bond donors (Lipinski definition) is 1. The second-order valence-corrected chi connectivity index (χ2v) is 5.85. The van der Waals surface area contributed by atoms with Gasteiger partial charge in [-0.25, -0.2) is 9.99 Å². The van der Waals surface area contributed by atoms with E-state index in [9.17, 15) is 4.79 Å². The van der Waals surface area contributed by atoms with Gasteiger partial charge in [-0.15, -0.1) is 0 Å². The first-order valence-corrected chi connectivity index (χ1v) is 7.56. The van der Waals surface area contributed by atoms with E-state index in [1.807, 2.05) is 54.6 Å². The van der Waals surface area contributed by atoms with Crippen LogP contribution in [-0.2, 0) is 0 Å². The van der Waals surface area contributed by atoms with Crippen molar-refractivity contribution in [1.82, 2.24) is 15.4 Å². The minimum atomic E-state index is -0.163. The number of fused-ring (bicyclic) bond motifs is 1. The Morgan fingerprint density at radius 3 is 2.48 bits per heavy atom. The fourth-order valence-corrected chi connectivity index (χ4v) is 2.52. The molecule has 1 amide bonds. The maximum atomic E-state index is 12.5. The van der Waals surface area contributed by atoms with E-state index < -0.39 is 0 Å². The van der Waals surface area contributed by atoms with Crippen molar-refractivity contribution in [2.24, 2.45) is 0 Å². The van der Waals surface area contributed by atoms with Crippen LogP contribution in [0.5, 0.6) is 0 Å². The molecule has 1 N–H and O–H groups in total. The molecule has 0 radical (unpaired) electrons. The third kappa shape index (κ3) is 3.33. The van der Waals surface area contributed by atoms with E-state index in [4.69, 9.17) is 11.6 Å². The number of para-hydroxylation sites is 1. The molecule has 0 unspecified atom stereocenters. The van der Waals surface area contributed by atoms with Gasteiger partial charge >= 0.3 is 0 Å². The van der Waals surface area contributed by atoms with E-state index in [0.29, 0.717) is 10.6 Å². The van der Waals surface area contributed by atoms with Gasteiger partial charge in [0, 0.05) is 30.1 Å². The number of nitrogens with one attached hydrogen (secondary N) is 1. The van der Waals surface area contributed by atoms with Crippen molar-refractivity contribution in [2.75, 3.05) is 14.1 Å². The molecule has 5 heteroatoms. The Morgan fingerprint density at radius 1 is 1.09 bits per heavy atom. The molecule has 0 aliphatic rings. The van der Waals surface area contributed by atoms with Crippen molar-refractivity contribution >= 4 is 28.4 Å². The summed E-state index contributed by atoms with van der Waals surface area (Å²) >= 11 is 5.94. The number of halogens is 1. The lowest BCUT2D eigenvalue weighted by molar-refractivity contribution is 0.0858. The Bertz CT molecular complexity index is 860. The van der Waals surface area contributed by atoms with Gasteiger partial charge in [0.25, 0.3) is 5.91 Å². The number of aromatic nitrogens is 1. The van der Waals surface area contributed by atoms with Crippen LogP contribution in [-0.4, -0.2) is 30.0 Å². The summed E-state index contributed by atoms with van der Waals surface area (Å²) in [5.41, 5.74) is 5.81. The lowest BCUT2D eigenvalue weighted by Gasteiger charge is -2.14. The summed E-state index contributed by atoms with van der Waals surface area (Å²) < 4.78 is 0. The molecule has 0 aliphatic heterocycles. The first kappa shape index (κ1) is 15.5. The molecule has 3 aromatic rings. The van der Waals surface area contributed by atoms with Crippen LogP contribution in [0.4, 0.5) is 0 Å². The largest absolute Gasteiger partial charge is 0.285 e. The van der Waals surface area contributed by atoms with Gasteiger partial charge in [0.2, 0.25) is 0 Å². The quantitative estimate of drug-likeness (QED) is 0.746. The zero-order valence-corrected chi connectivity index (χ0v) is 13.6. The van der Waals surface area contributed by atoms with Crippen LogP contribution < -0.4 is 5.43 Å². The molecule has 0 bridgehead atoms. The number of carbonyl (C=O) groups excluding carboxylic acids is 1. The van der Waals surface area contributed by atoms with E-state index in [2.05, 4.69) is 10.4 Å². The third-order valence-corrected chi connectivity index (χ3v) is 3.68. The van der Waals surface area contributed by atoms with Crippen LogP contribution >= 0.6 is 11.6 Å². The van der Waals surface area contributed by atoms with Gasteiger partial charge in [-0.1, -0.05) is 41.9 Å². The average molecular weight is 326 g/mol. The molecular formula is C18H16ClN3O. The van der Waals surface area contributed by atoms with Gasteiger partial charge in [0.05, 0.1) is 16.8 Å². The Hall–Kier alpha value is -2.43. The molecule has 2 aromatic carbocycles. The average Bonchev–Trinajstić information content (AvgIpc) is 2.54. The SMILES string of the molecule is CN(C)NC(=O)c1cc(-c2ccc(Cl)cc2)nc2ccccc12. The van der Waals surface area contributed by atoms with E-state index in [0.717, 1.165) is 22.2 Å². The van der Waals surface area contributed by atoms with Gasteiger partial charge in [0.1, 0.15) is 0 Å². The van der Waals surface area contributed by atoms with Crippen LogP contribution in [0.1, 0.15) is 10.4 Å². The number of carbonyl (C=O) groups is 1. The van der Waals surface area contributed by atoms with Crippen LogP contribution in [0.15, 0.2) is 54.6 Å². The highest BCUT2D eigenvalue weighted by Crippen LogP contribution is 2.25. The minimum Gasteiger partial charge on any atom is -0.285 e. The molecule has 0 atom stereocenters. The molecule has 3 rings (SSSR count). The normalized spacial score (nSPS) is 11.0. The van der Waals surface area contributed by atoms with E-state index in [1.165, 1.54) is 0 Å². The number of rotatable bonds is 3. The molecule has 0 aliphatic carbocycles. The highest BCUT2D eigenvalue weighted by Gasteiger charge is 2.14. The zero-order valence-electron chi connectivity index (χ0n) is 12.9. The van der Waals surface area contributed by atoms with Gasteiger partial charge in [-0.3, -0.25) is 10.2 Å². The molecule has 1 aromatic heterocycles. The monoisotopic (exact) mass is 325 g/mol. The van der Waals surface area contributed by atoms with Crippen molar-refractivity contribution in [3.8, 4) is 11.3 Å². The number of pyridine rings is 1. The minimum absolute atomic E-state index is 0.163. The van der Waals surface area contributed by atoms with Gasteiger partial charge < -0.3 is 0 Å². The zero-order chi connectivity index (χ0) is 16.4. The van der Waals surface area contributed by atoms with Crippen molar-refractivity contribution in [3.63, 3.8) is 0 Å². The van der Waals surface area contributed by atoms with Gasteiger partial charge in [-0.2, -0.15) is 0 Å². The van der Waals surface area contributed by atoms with Gasteiger partial charge in [0.15, 0.2) is 0 Å². The fraction of sp³-hybridized carbons (Fsp3) is 0.111. The maximum Gasteiger partial charge on any atom is 0.266 e. The molecule has 1 heterocycles. The number of benzene rings is 2. The van der Waals surface area contributed by atoms with E-state index >= 15 is 0 Å². The van der Waals surface area contributed by atoms with Crippen molar-refractivity contribution < 1.29 is 4.79 Å². The number of amides is 1. The highest BCUT2D eigenvalue weighted by molar-refractivity contribution is 6.30. The van der Waals surface area contributed by atoms with E-state index in [-0.39, 0.29) is 5.91 Å². The Kier molecular flexibility index (Phi) is 4.28. The lowest BCUT2D eigenvalue weighted by Crippen LogP contribution is -2.36. The standard InChI is InChI=1S/C18H16ClN3O/c1-22(2)21-18(23)15-11-17(12-7-9-13(19)10-8-12)20-16-6-4-3-5-14(15)16/h3-11H,1-2H3,(H,21,23). The summed E-state index contributed by atoms with van der Waals surface area (Å²) in [5, 5.41) is 3.11.